The Morgan fingerprint density at radius 1 is 0.484 bits per heavy atom. The molecule has 0 unspecified atom stereocenters. The van der Waals surface area contributed by atoms with E-state index < -0.39 is 0 Å². The minimum absolute atomic E-state index is 0.137. The van der Waals surface area contributed by atoms with Gasteiger partial charge in [0.05, 0.1) is 28.0 Å². The third kappa shape index (κ3) is 8.55. The number of phenolic OH excluding ortho intramolecular Hbond substituents is 1. The minimum atomic E-state index is -0.318. The molecule has 0 fully saturated rings. The van der Waals surface area contributed by atoms with Gasteiger partial charge >= 0.3 is 0 Å². The van der Waals surface area contributed by atoms with Gasteiger partial charge in [-0.1, -0.05) is 175 Å². The summed E-state index contributed by atoms with van der Waals surface area (Å²) in [6.45, 7) is 29.3. The number of benzene rings is 6. The highest BCUT2D eigenvalue weighted by Gasteiger charge is 2.31. The van der Waals surface area contributed by atoms with Crippen LogP contribution in [-0.2, 0) is 16.2 Å². The summed E-state index contributed by atoms with van der Waals surface area (Å²) >= 11 is 0. The maximum absolute atomic E-state index is 12.6. The highest BCUT2D eigenvalue weighted by atomic mass is 16.3. The summed E-state index contributed by atoms with van der Waals surface area (Å²) in [5.74, 6) is 1.39. The summed E-state index contributed by atoms with van der Waals surface area (Å²) in [5, 5.41) is 12.6. The molecule has 2 heterocycles. The van der Waals surface area contributed by atoms with Gasteiger partial charge in [-0.15, -0.1) is 0 Å². The van der Waals surface area contributed by atoms with Crippen molar-refractivity contribution in [1.29, 1.82) is 0 Å². The van der Waals surface area contributed by atoms with Gasteiger partial charge in [0.15, 0.2) is 0 Å². The smallest absolute Gasteiger partial charge is 0.149 e. The Balaban J connectivity index is 1.49. The Labute approximate surface area is 382 Å². The zero-order valence-corrected chi connectivity index (χ0v) is 40.2. The molecule has 1 N–H and O–H groups in total. The van der Waals surface area contributed by atoms with Crippen molar-refractivity contribution in [3.8, 4) is 67.5 Å². The van der Waals surface area contributed by atoms with Crippen molar-refractivity contribution in [3.05, 3.63) is 167 Å². The normalized spacial score (nSPS) is 12.5. The first kappa shape index (κ1) is 44.4. The van der Waals surface area contributed by atoms with Crippen molar-refractivity contribution in [2.45, 2.75) is 118 Å². The summed E-state index contributed by atoms with van der Waals surface area (Å²) < 4.78 is 2.38. The highest BCUT2D eigenvalue weighted by Crippen LogP contribution is 2.47. The second-order valence-electron chi connectivity index (χ2n) is 21.4. The first-order valence-corrected chi connectivity index (χ1v) is 23.0. The van der Waals surface area contributed by atoms with Crippen molar-refractivity contribution in [2.75, 3.05) is 0 Å². The minimum Gasteiger partial charge on any atom is -0.507 e. The highest BCUT2D eigenvalue weighted by molar-refractivity contribution is 5.97. The average Bonchev–Trinajstić information content (AvgIpc) is 3.64. The zero-order valence-electron chi connectivity index (χ0n) is 40.2. The van der Waals surface area contributed by atoms with Crippen LogP contribution in [0.3, 0.4) is 0 Å². The van der Waals surface area contributed by atoms with Crippen LogP contribution in [0.4, 0.5) is 0 Å². The Kier molecular flexibility index (Phi) is 11.6. The van der Waals surface area contributed by atoms with Crippen molar-refractivity contribution in [1.82, 2.24) is 14.5 Å². The number of aromatic hydroxyl groups is 1. The third-order valence-corrected chi connectivity index (χ3v) is 12.7. The second kappa shape index (κ2) is 16.7. The van der Waals surface area contributed by atoms with E-state index in [9.17, 15) is 5.11 Å². The molecule has 0 aliphatic heterocycles. The van der Waals surface area contributed by atoms with Crippen molar-refractivity contribution in [3.63, 3.8) is 0 Å². The van der Waals surface area contributed by atoms with E-state index in [1.54, 1.807) is 0 Å². The number of rotatable bonds is 8. The number of fused-ring (bicyclic) bond motifs is 1. The molecule has 326 valence electrons. The Morgan fingerprint density at radius 3 is 1.61 bits per heavy atom. The Hall–Kier alpha value is -6.26. The number of phenols is 1. The van der Waals surface area contributed by atoms with Crippen LogP contribution in [0.1, 0.15) is 130 Å². The number of nitrogens with zero attached hydrogens (tertiary/aromatic N) is 3. The average molecular weight is 844 g/mol. The lowest BCUT2D eigenvalue weighted by Gasteiger charge is -2.28. The number of pyridine rings is 1. The molecule has 0 saturated heterocycles. The van der Waals surface area contributed by atoms with Gasteiger partial charge in [0.2, 0.25) is 0 Å². The van der Waals surface area contributed by atoms with Gasteiger partial charge in [-0.2, -0.15) is 0 Å². The van der Waals surface area contributed by atoms with E-state index in [0.29, 0.717) is 0 Å². The van der Waals surface area contributed by atoms with E-state index in [1.807, 2.05) is 6.20 Å². The lowest BCUT2D eigenvalue weighted by molar-refractivity contribution is 0.446. The molecule has 2 aromatic heterocycles. The van der Waals surface area contributed by atoms with Crippen molar-refractivity contribution < 1.29 is 5.11 Å². The SMILES string of the molecule is CC(C)c1cc(-c2ccccc2)cc(C(C)C)c1-n1c(-c2cc(C(C)(C)C)cc(C(C)(C)C)c2O)nc2c(-c3cc(-c4cc(-c5ccccc5)ccn4)cc(C(C)(C)C)c3)cccc21. The first-order chi connectivity index (χ1) is 30.2. The maximum Gasteiger partial charge on any atom is 0.149 e. The second-order valence-corrected chi connectivity index (χ2v) is 21.4. The van der Waals surface area contributed by atoms with E-state index in [0.717, 1.165) is 72.7 Å². The van der Waals surface area contributed by atoms with Crippen LogP contribution in [0.25, 0.3) is 72.7 Å². The molecule has 64 heavy (non-hydrogen) atoms. The van der Waals surface area contributed by atoms with Gasteiger partial charge in [0.1, 0.15) is 11.6 Å². The molecule has 4 heteroatoms. The lowest BCUT2D eigenvalue weighted by Crippen LogP contribution is -2.17. The molecule has 8 rings (SSSR count). The van der Waals surface area contributed by atoms with E-state index >= 15 is 0 Å². The van der Waals surface area contributed by atoms with Crippen LogP contribution >= 0.6 is 0 Å². The molecule has 0 atom stereocenters. The van der Waals surface area contributed by atoms with Gasteiger partial charge in [-0.25, -0.2) is 4.98 Å². The lowest BCUT2D eigenvalue weighted by atomic mass is 9.78. The first-order valence-electron chi connectivity index (χ1n) is 23.0. The number of hydrogen-bond acceptors (Lipinski definition) is 3. The largest absolute Gasteiger partial charge is 0.507 e. The molecule has 0 aliphatic rings. The molecule has 0 amide bonds. The number of hydrogen-bond donors (Lipinski definition) is 1. The molecular formula is C60H65N3O. The monoisotopic (exact) mass is 844 g/mol. The fourth-order valence-corrected chi connectivity index (χ4v) is 8.93. The molecule has 0 bridgehead atoms. The number of imidazole rings is 1. The summed E-state index contributed by atoms with van der Waals surface area (Å²) in [4.78, 5) is 10.7. The van der Waals surface area contributed by atoms with E-state index in [-0.39, 0.29) is 33.8 Å². The van der Waals surface area contributed by atoms with Crippen LogP contribution in [0.2, 0.25) is 0 Å². The molecule has 0 saturated carbocycles. The summed E-state index contributed by atoms with van der Waals surface area (Å²) in [6.07, 6.45) is 1.92. The van der Waals surface area contributed by atoms with E-state index in [4.69, 9.17) is 9.97 Å². The maximum atomic E-state index is 12.6. The van der Waals surface area contributed by atoms with Crippen molar-refractivity contribution in [2.24, 2.45) is 0 Å². The third-order valence-electron chi connectivity index (χ3n) is 12.7. The summed E-state index contributed by atoms with van der Waals surface area (Å²) in [6, 6.07) is 48.1. The summed E-state index contributed by atoms with van der Waals surface area (Å²) in [7, 11) is 0. The molecule has 6 aromatic carbocycles. The van der Waals surface area contributed by atoms with Crippen LogP contribution in [0, 0.1) is 0 Å². The number of aromatic nitrogens is 3. The Bertz CT molecular complexity index is 2960. The standard InChI is InChI=1S/C60H65N3O/c1-37(2)48-32-42(40-23-18-15-19-24-40)33-49(38(3)4)55(48)63-53-26-20-25-47(54(53)62-57(63)50-35-46(59(8,9)10)36-51(56(50)64)60(11,12)13)43-29-44(31-45(30-43)58(5,6)7)52-34-41(27-28-61-52)39-21-16-14-17-22-39/h14-38,64H,1-13H3. The van der Waals surface area contributed by atoms with Crippen molar-refractivity contribution >= 4 is 11.0 Å². The molecule has 4 nitrogen and oxygen atoms in total. The van der Waals surface area contributed by atoms with E-state index in [2.05, 4.69) is 228 Å². The van der Waals surface area contributed by atoms with Gasteiger partial charge in [-0.05, 0) is 127 Å². The van der Waals surface area contributed by atoms with Crippen LogP contribution in [0.5, 0.6) is 5.75 Å². The number of para-hydroxylation sites is 1. The molecule has 0 spiro atoms. The topological polar surface area (TPSA) is 50.9 Å². The van der Waals surface area contributed by atoms with Gasteiger partial charge in [-0.3, -0.25) is 9.55 Å². The van der Waals surface area contributed by atoms with Gasteiger partial charge in [0.25, 0.3) is 0 Å². The molecule has 8 aromatic rings. The quantitative estimate of drug-likeness (QED) is 0.166. The van der Waals surface area contributed by atoms with Gasteiger partial charge in [0, 0.05) is 22.9 Å². The van der Waals surface area contributed by atoms with E-state index in [1.165, 1.54) is 27.8 Å². The molecule has 0 aliphatic carbocycles. The molecule has 0 radical (unpaired) electrons. The summed E-state index contributed by atoms with van der Waals surface area (Å²) in [5.41, 5.74) is 17.6. The Morgan fingerprint density at radius 2 is 1.05 bits per heavy atom. The predicted molar refractivity (Wildman–Crippen MR) is 272 cm³/mol. The fraction of sp³-hybridized carbons (Fsp3) is 0.300. The van der Waals surface area contributed by atoms with Gasteiger partial charge < -0.3 is 5.11 Å². The zero-order chi connectivity index (χ0) is 45.9. The fourth-order valence-electron chi connectivity index (χ4n) is 8.93. The van der Waals surface area contributed by atoms with Crippen LogP contribution in [-0.4, -0.2) is 19.6 Å². The predicted octanol–water partition coefficient (Wildman–Crippen LogP) is 16.6. The van der Waals surface area contributed by atoms with Crippen LogP contribution < -0.4 is 0 Å². The van der Waals surface area contributed by atoms with Crippen LogP contribution in [0.15, 0.2) is 140 Å². The molecular weight excluding hydrogens is 779 g/mol.